The number of pyridine rings is 1. The van der Waals surface area contributed by atoms with Gasteiger partial charge in [0.05, 0.1) is 0 Å². The summed E-state index contributed by atoms with van der Waals surface area (Å²) in [4.78, 5) is 29.4. The van der Waals surface area contributed by atoms with Crippen molar-refractivity contribution >= 4 is 17.8 Å². The molecule has 5 rings (SSSR count). The van der Waals surface area contributed by atoms with E-state index in [1.165, 1.54) is 24.2 Å². The first-order valence-corrected chi connectivity index (χ1v) is 12.8. The topological polar surface area (TPSA) is 54.3 Å². The zero-order valence-electron chi connectivity index (χ0n) is 18.2. The zero-order chi connectivity index (χ0) is 21.4. The quantitative estimate of drug-likeness (QED) is 0.708. The molecule has 1 saturated carbocycles. The Bertz CT molecular complexity index is 1010. The standard InChI is InChI=1S/C25H31N3O2S/c1-31-21-9-7-18(8-10-21)22-11-12-23-19-13-17(15-28(23)24(22)29)14-27(16-19)25(30)26-20-5-3-2-4-6-20/h7-12,17,19-20H,2-6,13-16H2,1H3,(H,26,30). The number of carbonyl (C=O) groups excluding carboxylic acids is 1. The predicted molar refractivity (Wildman–Crippen MR) is 126 cm³/mol. The Morgan fingerprint density at radius 2 is 1.77 bits per heavy atom. The number of benzene rings is 1. The van der Waals surface area contributed by atoms with Gasteiger partial charge in [0.15, 0.2) is 0 Å². The average molecular weight is 438 g/mol. The van der Waals surface area contributed by atoms with Gasteiger partial charge in [0, 0.05) is 47.7 Å². The molecule has 2 unspecified atom stereocenters. The molecule has 2 amide bonds. The molecule has 1 aliphatic carbocycles. The number of hydrogen-bond donors (Lipinski definition) is 1. The molecule has 1 N–H and O–H groups in total. The third-order valence-electron chi connectivity index (χ3n) is 7.23. The Morgan fingerprint density at radius 3 is 2.52 bits per heavy atom. The van der Waals surface area contributed by atoms with E-state index in [0.29, 0.717) is 25.0 Å². The molecule has 5 nitrogen and oxygen atoms in total. The largest absolute Gasteiger partial charge is 0.335 e. The lowest BCUT2D eigenvalue weighted by Gasteiger charge is -2.43. The number of rotatable bonds is 3. The highest BCUT2D eigenvalue weighted by Gasteiger charge is 2.37. The van der Waals surface area contributed by atoms with E-state index in [1.54, 1.807) is 11.8 Å². The van der Waals surface area contributed by atoms with Crippen LogP contribution in [0.5, 0.6) is 0 Å². The molecule has 2 aromatic rings. The van der Waals surface area contributed by atoms with Gasteiger partial charge in [0.2, 0.25) is 0 Å². The van der Waals surface area contributed by atoms with Gasteiger partial charge < -0.3 is 14.8 Å². The molecule has 2 bridgehead atoms. The number of carbonyl (C=O) groups is 1. The summed E-state index contributed by atoms with van der Waals surface area (Å²) in [5, 5.41) is 3.27. The molecule has 6 heteroatoms. The molecule has 2 aliphatic heterocycles. The van der Waals surface area contributed by atoms with Crippen molar-refractivity contribution in [3.05, 3.63) is 52.4 Å². The molecule has 1 saturated heterocycles. The Hall–Kier alpha value is -2.21. The molecule has 0 spiro atoms. The number of aromatic nitrogens is 1. The number of hydrogen-bond acceptors (Lipinski definition) is 3. The number of amides is 2. The van der Waals surface area contributed by atoms with E-state index in [2.05, 4.69) is 29.8 Å². The van der Waals surface area contributed by atoms with Crippen LogP contribution in [0, 0.1) is 5.92 Å². The van der Waals surface area contributed by atoms with E-state index in [9.17, 15) is 9.59 Å². The van der Waals surface area contributed by atoms with Crippen molar-refractivity contribution in [1.29, 1.82) is 0 Å². The van der Waals surface area contributed by atoms with Crippen LogP contribution in [-0.4, -0.2) is 40.9 Å². The third kappa shape index (κ3) is 4.14. The summed E-state index contributed by atoms with van der Waals surface area (Å²) in [7, 11) is 0. The molecule has 2 atom stereocenters. The minimum atomic E-state index is 0.0860. The Kier molecular flexibility index (Phi) is 5.83. The monoisotopic (exact) mass is 437 g/mol. The van der Waals surface area contributed by atoms with Crippen LogP contribution in [0.1, 0.15) is 50.1 Å². The van der Waals surface area contributed by atoms with Gasteiger partial charge in [-0.15, -0.1) is 11.8 Å². The maximum Gasteiger partial charge on any atom is 0.317 e. The highest BCUT2D eigenvalue weighted by molar-refractivity contribution is 7.98. The van der Waals surface area contributed by atoms with Crippen LogP contribution in [0.25, 0.3) is 11.1 Å². The minimum absolute atomic E-state index is 0.0860. The SMILES string of the molecule is CSc1ccc(-c2ccc3n(c2=O)CC2CC3CN(C(=O)NC3CCCCC3)C2)cc1. The van der Waals surface area contributed by atoms with Gasteiger partial charge in [-0.1, -0.05) is 31.4 Å². The first-order chi connectivity index (χ1) is 15.1. The normalized spacial score (nSPS) is 23.3. The zero-order valence-corrected chi connectivity index (χ0v) is 19.0. The summed E-state index contributed by atoms with van der Waals surface area (Å²) in [6.07, 6.45) is 9.05. The van der Waals surface area contributed by atoms with Gasteiger partial charge >= 0.3 is 6.03 Å². The first-order valence-electron chi connectivity index (χ1n) is 11.6. The fourth-order valence-corrected chi connectivity index (χ4v) is 6.02. The molecular formula is C25H31N3O2S. The van der Waals surface area contributed by atoms with Crippen LogP contribution in [-0.2, 0) is 6.54 Å². The summed E-state index contributed by atoms with van der Waals surface area (Å²) in [5.74, 6) is 0.584. The molecule has 31 heavy (non-hydrogen) atoms. The van der Waals surface area contributed by atoms with Crippen LogP contribution in [0.15, 0.2) is 46.1 Å². The van der Waals surface area contributed by atoms with Crippen molar-refractivity contribution in [1.82, 2.24) is 14.8 Å². The number of nitrogens with one attached hydrogen (secondary N) is 1. The Labute approximate surface area is 188 Å². The maximum absolute atomic E-state index is 13.3. The molecule has 1 aromatic heterocycles. The highest BCUT2D eigenvalue weighted by Crippen LogP contribution is 2.36. The third-order valence-corrected chi connectivity index (χ3v) is 7.97. The molecule has 164 valence electrons. The summed E-state index contributed by atoms with van der Waals surface area (Å²) < 4.78 is 1.98. The fraction of sp³-hybridized carbons (Fsp3) is 0.520. The smallest absolute Gasteiger partial charge is 0.317 e. The summed E-state index contributed by atoms with van der Waals surface area (Å²) >= 11 is 1.70. The molecule has 3 heterocycles. The van der Waals surface area contributed by atoms with Crippen molar-refractivity contribution in [2.75, 3.05) is 19.3 Å². The van der Waals surface area contributed by atoms with E-state index >= 15 is 0 Å². The maximum atomic E-state index is 13.3. The van der Waals surface area contributed by atoms with Crippen molar-refractivity contribution in [2.24, 2.45) is 5.92 Å². The van der Waals surface area contributed by atoms with E-state index in [0.717, 1.165) is 42.6 Å². The summed E-state index contributed by atoms with van der Waals surface area (Å²) in [6.45, 7) is 2.15. The number of likely N-dealkylation sites (tertiary alicyclic amines) is 1. The van der Waals surface area contributed by atoms with Crippen LogP contribution in [0.2, 0.25) is 0 Å². The molecule has 3 aliphatic rings. The Balaban J connectivity index is 1.35. The van der Waals surface area contributed by atoms with Crippen molar-refractivity contribution in [3.63, 3.8) is 0 Å². The highest BCUT2D eigenvalue weighted by atomic mass is 32.2. The van der Waals surface area contributed by atoms with Gasteiger partial charge in [0.25, 0.3) is 5.56 Å². The van der Waals surface area contributed by atoms with Gasteiger partial charge in [0.1, 0.15) is 0 Å². The number of thioether (sulfide) groups is 1. The van der Waals surface area contributed by atoms with E-state index in [1.807, 2.05) is 27.7 Å². The molecule has 0 radical (unpaired) electrons. The number of urea groups is 1. The van der Waals surface area contributed by atoms with E-state index in [4.69, 9.17) is 0 Å². The molecule has 1 aromatic carbocycles. The lowest BCUT2D eigenvalue weighted by Crippen LogP contribution is -2.53. The molecular weight excluding hydrogens is 406 g/mol. The first kappa shape index (κ1) is 20.7. The van der Waals surface area contributed by atoms with Gasteiger partial charge in [-0.2, -0.15) is 0 Å². The van der Waals surface area contributed by atoms with E-state index in [-0.39, 0.29) is 17.5 Å². The van der Waals surface area contributed by atoms with Crippen LogP contribution < -0.4 is 10.9 Å². The van der Waals surface area contributed by atoms with Crippen LogP contribution in [0.4, 0.5) is 4.79 Å². The van der Waals surface area contributed by atoms with Crippen molar-refractivity contribution in [3.8, 4) is 11.1 Å². The van der Waals surface area contributed by atoms with Crippen LogP contribution in [0.3, 0.4) is 0 Å². The lowest BCUT2D eigenvalue weighted by atomic mass is 9.83. The van der Waals surface area contributed by atoms with Gasteiger partial charge in [-0.05, 0) is 61.3 Å². The second kappa shape index (κ2) is 8.73. The second-order valence-corrected chi connectivity index (χ2v) is 10.2. The van der Waals surface area contributed by atoms with E-state index < -0.39 is 0 Å². The number of piperidine rings is 1. The lowest BCUT2D eigenvalue weighted by molar-refractivity contribution is 0.127. The number of fused-ring (bicyclic) bond motifs is 4. The second-order valence-electron chi connectivity index (χ2n) is 9.30. The van der Waals surface area contributed by atoms with Gasteiger partial charge in [-0.3, -0.25) is 4.79 Å². The summed E-state index contributed by atoms with van der Waals surface area (Å²) in [6, 6.07) is 12.7. The minimum Gasteiger partial charge on any atom is -0.335 e. The molecule has 2 fully saturated rings. The summed E-state index contributed by atoms with van der Waals surface area (Å²) in [5.41, 5.74) is 2.93. The van der Waals surface area contributed by atoms with Crippen molar-refractivity contribution in [2.45, 2.75) is 61.9 Å². The Morgan fingerprint density at radius 1 is 1.00 bits per heavy atom. The number of nitrogens with zero attached hydrogens (tertiary/aromatic N) is 2. The predicted octanol–water partition coefficient (Wildman–Crippen LogP) is 4.70. The van der Waals surface area contributed by atoms with Crippen LogP contribution >= 0.6 is 11.8 Å². The fourth-order valence-electron chi connectivity index (χ4n) is 5.61. The average Bonchev–Trinajstić information content (AvgIpc) is 2.80. The van der Waals surface area contributed by atoms with Crippen molar-refractivity contribution < 1.29 is 4.79 Å². The van der Waals surface area contributed by atoms with Gasteiger partial charge in [-0.25, -0.2) is 4.79 Å².